The fourth-order valence-electron chi connectivity index (χ4n) is 3.53. The number of benzene rings is 1. The molecule has 29 heavy (non-hydrogen) atoms. The van der Waals surface area contributed by atoms with Gasteiger partial charge in [0.1, 0.15) is 0 Å². The van der Waals surface area contributed by atoms with Crippen molar-refractivity contribution in [3.05, 3.63) is 35.6 Å². The second kappa shape index (κ2) is 8.52. The molecule has 8 nitrogen and oxygen atoms in total. The Kier molecular flexibility index (Phi) is 5.84. The van der Waals surface area contributed by atoms with E-state index < -0.39 is 0 Å². The number of aromatic nitrogens is 4. The number of nitrogens with one attached hydrogen (secondary N) is 1. The molecule has 3 heterocycles. The highest BCUT2D eigenvalue weighted by molar-refractivity contribution is 6.30. The zero-order chi connectivity index (χ0) is 20.4. The molecule has 0 aliphatic carbocycles. The number of hydrogen-bond donors (Lipinski definition) is 2. The molecule has 2 N–H and O–H groups in total. The lowest BCUT2D eigenvalue weighted by Crippen LogP contribution is -2.47. The molecule has 154 valence electrons. The van der Waals surface area contributed by atoms with Gasteiger partial charge in [-0.2, -0.15) is 9.97 Å². The lowest BCUT2D eigenvalue weighted by atomic mass is 10.3. The molecule has 9 heteroatoms. The van der Waals surface area contributed by atoms with Crippen LogP contribution in [0.5, 0.6) is 0 Å². The molecule has 1 fully saturated rings. The van der Waals surface area contributed by atoms with Crippen LogP contribution in [0.1, 0.15) is 19.9 Å². The highest BCUT2D eigenvalue weighted by Crippen LogP contribution is 2.28. The summed E-state index contributed by atoms with van der Waals surface area (Å²) < 4.78 is 2.06. The number of aliphatic hydroxyl groups excluding tert-OH is 1. The Morgan fingerprint density at radius 2 is 1.97 bits per heavy atom. The summed E-state index contributed by atoms with van der Waals surface area (Å²) in [7, 11) is 0. The van der Waals surface area contributed by atoms with E-state index in [9.17, 15) is 0 Å². The molecule has 1 saturated heterocycles. The molecule has 4 rings (SSSR count). The van der Waals surface area contributed by atoms with E-state index in [1.807, 2.05) is 30.6 Å². The first-order valence-electron chi connectivity index (χ1n) is 9.90. The predicted octanol–water partition coefficient (Wildman–Crippen LogP) is 2.92. The van der Waals surface area contributed by atoms with Crippen LogP contribution < -0.4 is 10.2 Å². The van der Waals surface area contributed by atoms with E-state index in [0.717, 1.165) is 43.0 Å². The Labute approximate surface area is 175 Å². The molecular weight excluding hydrogens is 390 g/mol. The summed E-state index contributed by atoms with van der Waals surface area (Å²) in [6.45, 7) is 8.50. The van der Waals surface area contributed by atoms with Gasteiger partial charge < -0.3 is 19.9 Å². The van der Waals surface area contributed by atoms with E-state index in [4.69, 9.17) is 26.7 Å². The Bertz CT molecular complexity index is 982. The molecule has 0 unspecified atom stereocenters. The molecule has 0 amide bonds. The molecule has 0 bridgehead atoms. The van der Waals surface area contributed by atoms with Gasteiger partial charge in [-0.15, -0.1) is 0 Å². The fraction of sp³-hybridized carbons (Fsp3) is 0.450. The second-order valence-corrected chi connectivity index (χ2v) is 7.91. The van der Waals surface area contributed by atoms with Gasteiger partial charge in [0.2, 0.25) is 5.95 Å². The topological polar surface area (TPSA) is 82.3 Å². The molecule has 2 aromatic heterocycles. The Morgan fingerprint density at radius 1 is 1.17 bits per heavy atom. The van der Waals surface area contributed by atoms with Crippen LogP contribution in [0.4, 0.5) is 17.5 Å². The number of nitrogens with zero attached hydrogens (tertiary/aromatic N) is 6. The van der Waals surface area contributed by atoms with Crippen molar-refractivity contribution in [3.63, 3.8) is 0 Å². The van der Waals surface area contributed by atoms with Crippen molar-refractivity contribution in [2.24, 2.45) is 0 Å². The first kappa shape index (κ1) is 19.9. The molecule has 1 aliphatic rings. The van der Waals surface area contributed by atoms with Crippen LogP contribution >= 0.6 is 11.6 Å². The number of fused-ring (bicyclic) bond motifs is 1. The quantitative estimate of drug-likeness (QED) is 0.640. The van der Waals surface area contributed by atoms with Crippen LogP contribution in [0.2, 0.25) is 5.02 Å². The summed E-state index contributed by atoms with van der Waals surface area (Å²) >= 11 is 6.14. The number of aliphatic hydroxyl groups is 1. The van der Waals surface area contributed by atoms with Gasteiger partial charge in [0.15, 0.2) is 17.0 Å². The van der Waals surface area contributed by atoms with E-state index in [1.54, 1.807) is 0 Å². The molecule has 1 aromatic carbocycles. The van der Waals surface area contributed by atoms with Crippen LogP contribution in [0, 0.1) is 0 Å². The smallest absolute Gasteiger partial charge is 0.229 e. The average molecular weight is 416 g/mol. The summed E-state index contributed by atoms with van der Waals surface area (Å²) in [5.74, 6) is 1.36. The fourth-order valence-corrected chi connectivity index (χ4v) is 3.72. The third-order valence-corrected chi connectivity index (χ3v) is 5.36. The number of halogens is 1. The number of piperazine rings is 1. The van der Waals surface area contributed by atoms with E-state index in [1.165, 1.54) is 0 Å². The minimum Gasteiger partial charge on any atom is -0.395 e. The summed E-state index contributed by atoms with van der Waals surface area (Å²) in [4.78, 5) is 18.7. The minimum absolute atomic E-state index is 0.184. The standard InChI is InChI=1S/C20H26ClN7O/c1-14(2)28-13-22-17-18(23-16-5-3-4-15(21)12-16)24-20(25-19(17)28)27-8-6-26(7-9-27)10-11-29/h3-5,12-14,29H,6-11H2,1-2H3,(H,23,24,25). The molecule has 0 saturated carbocycles. The van der Waals surface area contributed by atoms with Gasteiger partial charge in [-0.25, -0.2) is 4.98 Å². The third-order valence-electron chi connectivity index (χ3n) is 5.12. The van der Waals surface area contributed by atoms with Crippen molar-refractivity contribution in [1.29, 1.82) is 0 Å². The number of anilines is 3. The van der Waals surface area contributed by atoms with Gasteiger partial charge in [-0.3, -0.25) is 4.90 Å². The summed E-state index contributed by atoms with van der Waals surface area (Å²) in [6.07, 6.45) is 1.82. The van der Waals surface area contributed by atoms with Gasteiger partial charge in [-0.1, -0.05) is 17.7 Å². The van der Waals surface area contributed by atoms with Crippen LogP contribution in [0.3, 0.4) is 0 Å². The Hall–Kier alpha value is -2.42. The maximum absolute atomic E-state index is 9.17. The van der Waals surface area contributed by atoms with Gasteiger partial charge in [-0.05, 0) is 32.0 Å². The molecular formula is C20H26ClN7O. The van der Waals surface area contributed by atoms with Crippen LogP contribution in [-0.2, 0) is 0 Å². The van der Waals surface area contributed by atoms with Gasteiger partial charge in [0.25, 0.3) is 0 Å². The van der Waals surface area contributed by atoms with Crippen LogP contribution in [0.25, 0.3) is 11.2 Å². The zero-order valence-corrected chi connectivity index (χ0v) is 17.5. The minimum atomic E-state index is 0.184. The number of imidazole rings is 1. The van der Waals surface area contributed by atoms with Crippen molar-refractivity contribution in [3.8, 4) is 0 Å². The number of β-amino-alcohol motifs (C(OH)–C–C–N with tert-alkyl or cyclic N) is 1. The molecule has 3 aromatic rings. The monoisotopic (exact) mass is 415 g/mol. The lowest BCUT2D eigenvalue weighted by molar-refractivity contribution is 0.188. The van der Waals surface area contributed by atoms with E-state index in [-0.39, 0.29) is 12.6 Å². The molecule has 1 aliphatic heterocycles. The summed E-state index contributed by atoms with van der Waals surface area (Å²) in [6, 6.07) is 7.79. The van der Waals surface area contributed by atoms with Crippen LogP contribution in [-0.4, -0.2) is 68.9 Å². The summed E-state index contributed by atoms with van der Waals surface area (Å²) in [5.41, 5.74) is 2.41. The highest BCUT2D eigenvalue weighted by Gasteiger charge is 2.22. The van der Waals surface area contributed by atoms with Gasteiger partial charge >= 0.3 is 0 Å². The molecule has 0 radical (unpaired) electrons. The lowest BCUT2D eigenvalue weighted by Gasteiger charge is -2.34. The zero-order valence-electron chi connectivity index (χ0n) is 16.7. The maximum Gasteiger partial charge on any atom is 0.229 e. The molecule has 0 atom stereocenters. The van der Waals surface area contributed by atoms with Gasteiger partial charge in [0, 0.05) is 49.5 Å². The molecule has 0 spiro atoms. The predicted molar refractivity (Wildman–Crippen MR) is 116 cm³/mol. The van der Waals surface area contributed by atoms with E-state index >= 15 is 0 Å². The first-order valence-corrected chi connectivity index (χ1v) is 10.3. The normalized spacial score (nSPS) is 15.4. The van der Waals surface area contributed by atoms with Crippen molar-refractivity contribution < 1.29 is 5.11 Å². The largest absolute Gasteiger partial charge is 0.395 e. The van der Waals surface area contributed by atoms with Crippen molar-refractivity contribution in [1.82, 2.24) is 24.4 Å². The van der Waals surface area contributed by atoms with Crippen molar-refractivity contribution >= 4 is 40.2 Å². The number of hydrogen-bond acceptors (Lipinski definition) is 7. The Morgan fingerprint density at radius 3 is 2.66 bits per heavy atom. The highest BCUT2D eigenvalue weighted by atomic mass is 35.5. The number of rotatable bonds is 6. The Balaban J connectivity index is 1.70. The third kappa shape index (κ3) is 4.29. The van der Waals surface area contributed by atoms with E-state index in [0.29, 0.717) is 23.3 Å². The van der Waals surface area contributed by atoms with Crippen molar-refractivity contribution in [2.75, 3.05) is 49.5 Å². The van der Waals surface area contributed by atoms with Crippen molar-refractivity contribution in [2.45, 2.75) is 19.9 Å². The summed E-state index contributed by atoms with van der Waals surface area (Å²) in [5, 5.41) is 13.2. The second-order valence-electron chi connectivity index (χ2n) is 7.48. The first-order chi connectivity index (χ1) is 14.0. The van der Waals surface area contributed by atoms with Gasteiger partial charge in [0.05, 0.1) is 12.9 Å². The van der Waals surface area contributed by atoms with Crippen LogP contribution in [0.15, 0.2) is 30.6 Å². The SMILES string of the molecule is CC(C)n1cnc2c(Nc3cccc(Cl)c3)nc(N3CCN(CCO)CC3)nc21. The van der Waals surface area contributed by atoms with E-state index in [2.05, 4.69) is 38.5 Å². The maximum atomic E-state index is 9.17. The average Bonchev–Trinajstić information content (AvgIpc) is 3.13.